The molecule has 0 aliphatic heterocycles. The van der Waals surface area contributed by atoms with E-state index in [0.717, 1.165) is 10.6 Å². The number of carbonyl (C=O) groups is 1. The quantitative estimate of drug-likeness (QED) is 0.857. The third-order valence-electron chi connectivity index (χ3n) is 3.00. The number of thiazole rings is 1. The Morgan fingerprint density at radius 3 is 2.76 bits per heavy atom. The first-order valence-electron chi connectivity index (χ1n) is 6.57. The Kier molecular flexibility index (Phi) is 5.44. The molecule has 1 aromatic heterocycles. The van der Waals surface area contributed by atoms with Crippen molar-refractivity contribution in [3.63, 3.8) is 0 Å². The molecule has 112 valence electrons. The molecular weight excluding hydrogens is 288 g/mol. The molecule has 2 aromatic rings. The normalized spacial score (nSPS) is 12.1. The average molecular weight is 306 g/mol. The fraction of sp³-hybridized carbons (Fsp3) is 0.333. The molecule has 2 rings (SSSR count). The predicted molar refractivity (Wildman–Crippen MR) is 81.3 cm³/mol. The van der Waals surface area contributed by atoms with Gasteiger partial charge in [-0.05, 0) is 12.5 Å². The molecule has 0 saturated heterocycles. The van der Waals surface area contributed by atoms with Gasteiger partial charge in [0.05, 0.1) is 24.9 Å². The molecule has 1 unspecified atom stereocenters. The Hall–Kier alpha value is -1.76. The van der Waals surface area contributed by atoms with Gasteiger partial charge in [-0.15, -0.1) is 11.3 Å². The molecule has 5 nitrogen and oxygen atoms in total. The van der Waals surface area contributed by atoms with Crippen LogP contribution in [0.4, 0.5) is 0 Å². The van der Waals surface area contributed by atoms with Gasteiger partial charge >= 0.3 is 0 Å². The summed E-state index contributed by atoms with van der Waals surface area (Å²) in [6, 6.07) is 8.96. The Morgan fingerprint density at radius 1 is 1.43 bits per heavy atom. The summed E-state index contributed by atoms with van der Waals surface area (Å²) < 4.78 is 5.02. The van der Waals surface area contributed by atoms with E-state index in [1.807, 2.05) is 30.3 Å². The standard InChI is InChI=1S/C15H18N2O3S/c1-10-14(21-13(16-10)9-20-2)15(19)17-12(8-18)11-6-4-3-5-7-11/h3-7,12,18H,8-9H2,1-2H3,(H,17,19). The van der Waals surface area contributed by atoms with Crippen LogP contribution in [-0.2, 0) is 11.3 Å². The molecule has 6 heteroatoms. The van der Waals surface area contributed by atoms with Crippen molar-refractivity contribution in [1.82, 2.24) is 10.3 Å². The van der Waals surface area contributed by atoms with E-state index in [-0.39, 0.29) is 12.5 Å². The van der Waals surface area contributed by atoms with Crippen LogP contribution in [0.15, 0.2) is 30.3 Å². The predicted octanol–water partition coefficient (Wildman–Crippen LogP) is 2.06. The minimum absolute atomic E-state index is 0.154. The molecule has 1 aromatic carbocycles. The van der Waals surface area contributed by atoms with Gasteiger partial charge in [0.1, 0.15) is 9.88 Å². The van der Waals surface area contributed by atoms with E-state index in [4.69, 9.17) is 4.74 Å². The molecule has 0 spiro atoms. The van der Waals surface area contributed by atoms with E-state index in [0.29, 0.717) is 17.2 Å². The Balaban J connectivity index is 2.13. The zero-order valence-corrected chi connectivity index (χ0v) is 12.8. The SMILES string of the molecule is COCc1nc(C)c(C(=O)NC(CO)c2ccccc2)s1. The Bertz CT molecular complexity index is 598. The molecule has 1 amide bonds. The number of methoxy groups -OCH3 is 1. The first kappa shape index (κ1) is 15.6. The second kappa shape index (κ2) is 7.31. The molecule has 1 heterocycles. The van der Waals surface area contributed by atoms with Crippen LogP contribution < -0.4 is 5.32 Å². The molecule has 0 fully saturated rings. The molecule has 0 bridgehead atoms. The fourth-order valence-corrected chi connectivity index (χ4v) is 2.93. The van der Waals surface area contributed by atoms with Gasteiger partial charge in [-0.2, -0.15) is 0 Å². The van der Waals surface area contributed by atoms with Gasteiger partial charge < -0.3 is 15.2 Å². The summed E-state index contributed by atoms with van der Waals surface area (Å²) in [4.78, 5) is 17.2. The van der Waals surface area contributed by atoms with Crippen molar-refractivity contribution >= 4 is 17.2 Å². The molecule has 0 radical (unpaired) electrons. The van der Waals surface area contributed by atoms with Gasteiger partial charge in [0.2, 0.25) is 0 Å². The van der Waals surface area contributed by atoms with Crippen molar-refractivity contribution in [1.29, 1.82) is 0 Å². The van der Waals surface area contributed by atoms with Crippen molar-refractivity contribution in [2.45, 2.75) is 19.6 Å². The number of aryl methyl sites for hydroxylation is 1. The number of aliphatic hydroxyl groups is 1. The topological polar surface area (TPSA) is 71.5 Å². The number of nitrogens with one attached hydrogen (secondary N) is 1. The minimum Gasteiger partial charge on any atom is -0.394 e. The molecule has 21 heavy (non-hydrogen) atoms. The van der Waals surface area contributed by atoms with Crippen LogP contribution in [0, 0.1) is 6.92 Å². The van der Waals surface area contributed by atoms with Gasteiger partial charge in [-0.25, -0.2) is 4.98 Å². The number of hydrogen-bond donors (Lipinski definition) is 2. The number of ether oxygens (including phenoxy) is 1. The number of nitrogens with zero attached hydrogens (tertiary/aromatic N) is 1. The van der Waals surface area contributed by atoms with Crippen LogP contribution in [0.25, 0.3) is 0 Å². The largest absolute Gasteiger partial charge is 0.394 e. The number of aliphatic hydroxyl groups excluding tert-OH is 1. The van der Waals surface area contributed by atoms with Crippen LogP contribution in [0.5, 0.6) is 0 Å². The van der Waals surface area contributed by atoms with Gasteiger partial charge in [0.25, 0.3) is 5.91 Å². The summed E-state index contributed by atoms with van der Waals surface area (Å²) in [5.41, 5.74) is 1.54. The maximum absolute atomic E-state index is 12.3. The minimum atomic E-state index is -0.425. The van der Waals surface area contributed by atoms with Gasteiger partial charge in [-0.3, -0.25) is 4.79 Å². The third kappa shape index (κ3) is 3.87. The summed E-state index contributed by atoms with van der Waals surface area (Å²) in [5.74, 6) is -0.227. The number of rotatable bonds is 6. The summed E-state index contributed by atoms with van der Waals surface area (Å²) in [5, 5.41) is 13.1. The maximum atomic E-state index is 12.3. The highest BCUT2D eigenvalue weighted by atomic mass is 32.1. The first-order chi connectivity index (χ1) is 10.2. The molecule has 2 N–H and O–H groups in total. The van der Waals surface area contributed by atoms with Gasteiger partial charge in [-0.1, -0.05) is 30.3 Å². The van der Waals surface area contributed by atoms with Crippen molar-refractivity contribution in [3.8, 4) is 0 Å². The smallest absolute Gasteiger partial charge is 0.263 e. The number of aromatic nitrogens is 1. The van der Waals surface area contributed by atoms with Crippen LogP contribution in [0.3, 0.4) is 0 Å². The summed E-state index contributed by atoms with van der Waals surface area (Å²) >= 11 is 1.31. The van der Waals surface area contributed by atoms with E-state index in [9.17, 15) is 9.90 Å². The van der Waals surface area contributed by atoms with Gasteiger partial charge in [0.15, 0.2) is 0 Å². The highest BCUT2D eigenvalue weighted by Crippen LogP contribution is 2.20. The lowest BCUT2D eigenvalue weighted by molar-refractivity contribution is 0.0919. The number of hydrogen-bond acceptors (Lipinski definition) is 5. The second-order valence-electron chi connectivity index (χ2n) is 4.57. The molecule has 0 saturated carbocycles. The van der Waals surface area contributed by atoms with E-state index < -0.39 is 6.04 Å². The maximum Gasteiger partial charge on any atom is 0.263 e. The van der Waals surface area contributed by atoms with Crippen molar-refractivity contribution in [2.75, 3.05) is 13.7 Å². The fourth-order valence-electron chi connectivity index (χ4n) is 1.99. The number of benzene rings is 1. The molecule has 0 aliphatic rings. The van der Waals surface area contributed by atoms with E-state index >= 15 is 0 Å². The highest BCUT2D eigenvalue weighted by molar-refractivity contribution is 7.13. The first-order valence-corrected chi connectivity index (χ1v) is 7.39. The lowest BCUT2D eigenvalue weighted by Crippen LogP contribution is -2.30. The Labute approximate surface area is 127 Å². The number of carbonyl (C=O) groups excluding carboxylic acids is 1. The van der Waals surface area contributed by atoms with Crippen LogP contribution >= 0.6 is 11.3 Å². The third-order valence-corrected chi connectivity index (χ3v) is 4.13. The molecule has 1 atom stereocenters. The van der Waals surface area contributed by atoms with Crippen molar-refractivity contribution in [2.24, 2.45) is 0 Å². The van der Waals surface area contributed by atoms with Crippen LogP contribution in [0.2, 0.25) is 0 Å². The zero-order valence-electron chi connectivity index (χ0n) is 12.0. The van der Waals surface area contributed by atoms with Crippen LogP contribution in [-0.4, -0.2) is 29.7 Å². The summed E-state index contributed by atoms with van der Waals surface area (Å²) in [6.45, 7) is 2.03. The lowest BCUT2D eigenvalue weighted by atomic mass is 10.1. The highest BCUT2D eigenvalue weighted by Gasteiger charge is 2.19. The summed E-state index contributed by atoms with van der Waals surface area (Å²) in [6.07, 6.45) is 0. The zero-order chi connectivity index (χ0) is 15.2. The van der Waals surface area contributed by atoms with E-state index in [1.165, 1.54) is 11.3 Å². The second-order valence-corrected chi connectivity index (χ2v) is 5.66. The van der Waals surface area contributed by atoms with Crippen molar-refractivity contribution < 1.29 is 14.6 Å². The molecule has 0 aliphatic carbocycles. The summed E-state index contributed by atoms with van der Waals surface area (Å²) in [7, 11) is 1.59. The number of amides is 1. The Morgan fingerprint density at radius 2 is 2.14 bits per heavy atom. The lowest BCUT2D eigenvalue weighted by Gasteiger charge is -2.16. The monoisotopic (exact) mass is 306 g/mol. The van der Waals surface area contributed by atoms with Crippen molar-refractivity contribution in [3.05, 3.63) is 51.5 Å². The average Bonchev–Trinajstić information content (AvgIpc) is 2.86. The van der Waals surface area contributed by atoms with Gasteiger partial charge in [0, 0.05) is 7.11 Å². The van der Waals surface area contributed by atoms with E-state index in [1.54, 1.807) is 14.0 Å². The van der Waals surface area contributed by atoms with Crippen LogP contribution in [0.1, 0.15) is 32.0 Å². The molecular formula is C15H18N2O3S. The van der Waals surface area contributed by atoms with E-state index in [2.05, 4.69) is 10.3 Å².